The highest BCUT2D eigenvalue weighted by molar-refractivity contribution is 5.76. The SMILES string of the molecule is CCCCCCCCC/C=C/C(O)C(CO)NC(=O)CCCCCCCCCCCCCCCCCCCCCCCCCCCCCCCCCCCCC. The molecule has 0 rings (SSSR count). The van der Waals surface area contributed by atoms with Gasteiger partial charge in [0.25, 0.3) is 0 Å². The molecule has 0 heterocycles. The summed E-state index contributed by atoms with van der Waals surface area (Å²) in [5, 5.41) is 22.9. The molecule has 0 saturated heterocycles. The Morgan fingerprint density at radius 3 is 0.929 bits per heavy atom. The van der Waals surface area contributed by atoms with Crippen molar-refractivity contribution in [1.82, 2.24) is 5.32 Å². The fourth-order valence-electron chi connectivity index (χ4n) is 8.30. The van der Waals surface area contributed by atoms with Crippen LogP contribution in [-0.2, 0) is 4.79 Å². The van der Waals surface area contributed by atoms with Crippen molar-refractivity contribution in [3.05, 3.63) is 12.2 Å². The van der Waals surface area contributed by atoms with Gasteiger partial charge in [-0.15, -0.1) is 0 Å². The molecule has 0 aromatic heterocycles. The Hall–Kier alpha value is -0.870. The second kappa shape index (κ2) is 48.5. The molecule has 334 valence electrons. The molecule has 2 atom stereocenters. The van der Waals surface area contributed by atoms with Crippen LogP contribution in [0, 0.1) is 0 Å². The zero-order valence-electron chi connectivity index (χ0n) is 38.4. The summed E-state index contributed by atoms with van der Waals surface area (Å²) in [7, 11) is 0. The summed E-state index contributed by atoms with van der Waals surface area (Å²) in [6, 6.07) is -0.615. The average Bonchev–Trinajstić information content (AvgIpc) is 3.20. The van der Waals surface area contributed by atoms with Crippen molar-refractivity contribution in [1.29, 1.82) is 0 Å². The van der Waals surface area contributed by atoms with E-state index < -0.39 is 12.1 Å². The molecule has 3 N–H and O–H groups in total. The third-order valence-corrected chi connectivity index (χ3v) is 12.3. The summed E-state index contributed by atoms with van der Waals surface area (Å²) in [6.45, 7) is 4.30. The van der Waals surface area contributed by atoms with Crippen LogP contribution in [0.4, 0.5) is 0 Å². The molecule has 4 heteroatoms. The van der Waals surface area contributed by atoms with E-state index in [2.05, 4.69) is 19.2 Å². The molecule has 0 aliphatic carbocycles. The van der Waals surface area contributed by atoms with Gasteiger partial charge in [0.1, 0.15) is 0 Å². The van der Waals surface area contributed by atoms with E-state index in [-0.39, 0.29) is 12.5 Å². The van der Waals surface area contributed by atoms with Gasteiger partial charge in [-0.1, -0.05) is 283 Å². The van der Waals surface area contributed by atoms with Crippen LogP contribution in [0.5, 0.6) is 0 Å². The molecule has 0 aromatic carbocycles. The highest BCUT2D eigenvalue weighted by Crippen LogP contribution is 2.18. The quantitative estimate of drug-likeness (QED) is 0.0425. The van der Waals surface area contributed by atoms with Gasteiger partial charge in [0.05, 0.1) is 18.8 Å². The Kier molecular flexibility index (Phi) is 47.7. The Morgan fingerprint density at radius 2 is 0.661 bits per heavy atom. The highest BCUT2D eigenvalue weighted by Gasteiger charge is 2.18. The monoisotopic (exact) mass is 790 g/mol. The largest absolute Gasteiger partial charge is 0.394 e. The van der Waals surface area contributed by atoms with E-state index in [9.17, 15) is 15.0 Å². The molecule has 0 saturated carbocycles. The number of allylic oxidation sites excluding steroid dienone is 1. The van der Waals surface area contributed by atoms with E-state index in [0.717, 1.165) is 25.7 Å². The smallest absolute Gasteiger partial charge is 0.220 e. The van der Waals surface area contributed by atoms with Gasteiger partial charge < -0.3 is 15.5 Å². The van der Waals surface area contributed by atoms with Crippen LogP contribution in [0.3, 0.4) is 0 Å². The minimum absolute atomic E-state index is 0.0605. The molecule has 2 unspecified atom stereocenters. The van der Waals surface area contributed by atoms with Gasteiger partial charge in [-0.25, -0.2) is 0 Å². The van der Waals surface area contributed by atoms with Crippen LogP contribution in [0.25, 0.3) is 0 Å². The normalized spacial score (nSPS) is 12.9. The van der Waals surface area contributed by atoms with Crippen molar-refractivity contribution in [2.24, 2.45) is 0 Å². The van der Waals surface area contributed by atoms with E-state index in [1.54, 1.807) is 6.08 Å². The maximum absolute atomic E-state index is 12.4. The average molecular weight is 790 g/mol. The topological polar surface area (TPSA) is 69.6 Å². The molecule has 4 nitrogen and oxygen atoms in total. The molecule has 0 aliphatic rings. The lowest BCUT2D eigenvalue weighted by Gasteiger charge is -2.20. The summed E-state index contributed by atoms with van der Waals surface area (Å²) in [6.07, 6.45) is 62.4. The number of amides is 1. The van der Waals surface area contributed by atoms with Crippen LogP contribution >= 0.6 is 0 Å². The summed E-state index contributed by atoms with van der Waals surface area (Å²) in [5.41, 5.74) is 0. The number of carbonyl (C=O) groups is 1. The molecule has 56 heavy (non-hydrogen) atoms. The summed E-state index contributed by atoms with van der Waals surface area (Å²) in [5.74, 6) is -0.0605. The van der Waals surface area contributed by atoms with Crippen LogP contribution in [0.1, 0.15) is 296 Å². The molecule has 0 spiro atoms. The molecule has 0 aromatic rings. The molecule has 0 radical (unpaired) electrons. The predicted octanol–water partition coefficient (Wildman–Crippen LogP) is 16.6. The van der Waals surface area contributed by atoms with Crippen molar-refractivity contribution in [3.63, 3.8) is 0 Å². The minimum atomic E-state index is -0.832. The minimum Gasteiger partial charge on any atom is -0.394 e. The Bertz CT molecular complexity index is 769. The number of hydrogen-bond acceptors (Lipinski definition) is 3. The van der Waals surface area contributed by atoms with Gasteiger partial charge in [0.15, 0.2) is 0 Å². The van der Waals surface area contributed by atoms with E-state index in [1.807, 2.05) is 6.08 Å². The van der Waals surface area contributed by atoms with E-state index in [0.29, 0.717) is 6.42 Å². The second-order valence-electron chi connectivity index (χ2n) is 18.0. The van der Waals surface area contributed by atoms with Gasteiger partial charge in [0, 0.05) is 6.42 Å². The zero-order chi connectivity index (χ0) is 40.7. The summed E-state index contributed by atoms with van der Waals surface area (Å²) >= 11 is 0. The maximum Gasteiger partial charge on any atom is 0.220 e. The van der Waals surface area contributed by atoms with E-state index in [4.69, 9.17) is 0 Å². The molecule has 0 fully saturated rings. The molecular weight excluding hydrogens is 687 g/mol. The van der Waals surface area contributed by atoms with E-state index >= 15 is 0 Å². The number of aliphatic hydroxyl groups is 2. The number of nitrogens with one attached hydrogen (secondary N) is 1. The zero-order valence-corrected chi connectivity index (χ0v) is 38.4. The highest BCUT2D eigenvalue weighted by atomic mass is 16.3. The number of hydrogen-bond donors (Lipinski definition) is 3. The van der Waals surface area contributed by atoms with Crippen molar-refractivity contribution in [2.45, 2.75) is 309 Å². The van der Waals surface area contributed by atoms with E-state index in [1.165, 1.54) is 250 Å². The van der Waals surface area contributed by atoms with Crippen LogP contribution < -0.4 is 5.32 Å². The molecule has 0 aliphatic heterocycles. The standard InChI is InChI=1S/C52H103NO3/c1-3-5-7-9-11-13-14-15-16-17-18-19-20-21-22-23-24-25-26-27-28-29-30-31-32-33-34-35-36-37-38-40-42-44-46-48-52(56)53-50(49-54)51(55)47-45-43-41-39-12-10-8-6-4-2/h45,47,50-51,54-55H,3-44,46,48-49H2,1-2H3,(H,53,56)/b47-45+. The van der Waals surface area contributed by atoms with Crippen molar-refractivity contribution < 1.29 is 15.0 Å². The fourth-order valence-corrected chi connectivity index (χ4v) is 8.30. The molecule has 1 amide bonds. The first kappa shape index (κ1) is 55.1. The Labute approximate surface area is 352 Å². The summed E-state index contributed by atoms with van der Waals surface area (Å²) in [4.78, 5) is 12.4. The lowest BCUT2D eigenvalue weighted by Crippen LogP contribution is -2.45. The third kappa shape index (κ3) is 44.2. The van der Waals surface area contributed by atoms with Gasteiger partial charge in [-0.2, -0.15) is 0 Å². The lowest BCUT2D eigenvalue weighted by atomic mass is 10.0. The number of aliphatic hydroxyl groups excluding tert-OH is 2. The van der Waals surface area contributed by atoms with Gasteiger partial charge in [0.2, 0.25) is 5.91 Å². The summed E-state index contributed by atoms with van der Waals surface area (Å²) < 4.78 is 0. The molecular formula is C52H103NO3. The Balaban J connectivity index is 3.32. The second-order valence-corrected chi connectivity index (χ2v) is 18.0. The first-order chi connectivity index (χ1) is 27.7. The van der Waals surface area contributed by atoms with Gasteiger partial charge in [-0.3, -0.25) is 4.79 Å². The van der Waals surface area contributed by atoms with Crippen LogP contribution in [-0.4, -0.2) is 34.9 Å². The van der Waals surface area contributed by atoms with Crippen LogP contribution in [0.2, 0.25) is 0 Å². The third-order valence-electron chi connectivity index (χ3n) is 12.3. The predicted molar refractivity (Wildman–Crippen MR) is 249 cm³/mol. The number of carbonyl (C=O) groups excluding carboxylic acids is 1. The van der Waals surface area contributed by atoms with Crippen molar-refractivity contribution in [3.8, 4) is 0 Å². The van der Waals surface area contributed by atoms with Gasteiger partial charge >= 0.3 is 0 Å². The van der Waals surface area contributed by atoms with Crippen molar-refractivity contribution in [2.75, 3.05) is 6.61 Å². The maximum atomic E-state index is 12.4. The van der Waals surface area contributed by atoms with Crippen LogP contribution in [0.15, 0.2) is 12.2 Å². The van der Waals surface area contributed by atoms with Crippen molar-refractivity contribution >= 4 is 5.91 Å². The molecule has 0 bridgehead atoms. The number of unbranched alkanes of at least 4 members (excludes halogenated alkanes) is 41. The van der Waals surface area contributed by atoms with Gasteiger partial charge in [-0.05, 0) is 19.3 Å². The first-order valence-electron chi connectivity index (χ1n) is 25.9. The fraction of sp³-hybridized carbons (Fsp3) is 0.942. The lowest BCUT2D eigenvalue weighted by molar-refractivity contribution is -0.123. The Morgan fingerprint density at radius 1 is 0.411 bits per heavy atom. The number of rotatable bonds is 48. The first-order valence-corrected chi connectivity index (χ1v) is 25.9.